The monoisotopic (exact) mass is 250 g/mol. The summed E-state index contributed by atoms with van der Waals surface area (Å²) in [4.78, 5) is 27.0. The second-order valence-corrected chi connectivity index (χ2v) is 3.81. The van der Waals surface area contributed by atoms with Crippen LogP contribution in [0.25, 0.3) is 0 Å². The maximum absolute atomic E-state index is 11.7. The third-order valence-electron chi connectivity index (χ3n) is 2.24. The van der Waals surface area contributed by atoms with Gasteiger partial charge in [-0.05, 0) is 12.5 Å². The molecule has 1 aromatic rings. The fourth-order valence-electron chi connectivity index (χ4n) is 1.36. The van der Waals surface area contributed by atoms with Crippen LogP contribution in [0.1, 0.15) is 20.3 Å². The summed E-state index contributed by atoms with van der Waals surface area (Å²) in [6, 6.07) is 1.81. The van der Waals surface area contributed by atoms with Crippen LogP contribution < -0.4 is 5.32 Å². The molecule has 0 aromatic carbocycles. The lowest BCUT2D eigenvalue weighted by Crippen LogP contribution is -2.35. The second-order valence-electron chi connectivity index (χ2n) is 3.81. The van der Waals surface area contributed by atoms with E-state index in [1.165, 1.54) is 6.92 Å². The highest BCUT2D eigenvalue weighted by atomic mass is 16.2. The average molecular weight is 250 g/mol. The molecule has 1 heterocycles. The highest BCUT2D eigenvalue weighted by Gasteiger charge is 2.15. The predicted octanol–water partition coefficient (Wildman–Crippen LogP) is 0.439. The summed E-state index contributed by atoms with van der Waals surface area (Å²) in [5.41, 5.74) is -0.0180. The fourth-order valence-corrected chi connectivity index (χ4v) is 1.36. The number of carbonyl (C=O) groups excluding carboxylic acids is 2. The van der Waals surface area contributed by atoms with E-state index < -0.39 is 5.91 Å². The normalized spacial score (nSPS) is 11.3. The maximum Gasteiger partial charge on any atom is 0.273 e. The number of ketones is 1. The molecule has 6 nitrogen and oxygen atoms in total. The van der Waals surface area contributed by atoms with Crippen LogP contribution in [-0.4, -0.2) is 40.3 Å². The highest BCUT2D eigenvalue weighted by molar-refractivity contribution is 6.65. The van der Waals surface area contributed by atoms with E-state index in [1.54, 1.807) is 17.1 Å². The van der Waals surface area contributed by atoms with Gasteiger partial charge in [-0.1, -0.05) is 6.92 Å². The summed E-state index contributed by atoms with van der Waals surface area (Å²) in [6.07, 6.45) is 4.30. The zero-order valence-corrected chi connectivity index (χ0v) is 10.7. The number of nitrogens with zero attached hydrogens (tertiary/aromatic N) is 3. The molecule has 0 aliphatic carbocycles. The van der Waals surface area contributed by atoms with Gasteiger partial charge in [0.25, 0.3) is 5.91 Å². The molecule has 0 unspecified atom stereocenters. The lowest BCUT2D eigenvalue weighted by atomic mass is 10.2. The molecule has 0 saturated carbocycles. The molecule has 0 saturated heterocycles. The summed E-state index contributed by atoms with van der Waals surface area (Å²) in [6.45, 7) is 4.74. The van der Waals surface area contributed by atoms with Crippen molar-refractivity contribution in [2.75, 3.05) is 13.1 Å². The molecule has 0 aliphatic heterocycles. The molecule has 0 atom stereocenters. The van der Waals surface area contributed by atoms with Crippen molar-refractivity contribution in [3.63, 3.8) is 0 Å². The predicted molar refractivity (Wildman–Crippen MR) is 68.5 cm³/mol. The smallest absolute Gasteiger partial charge is 0.273 e. The number of aromatic nitrogens is 2. The zero-order valence-electron chi connectivity index (χ0n) is 10.7. The van der Waals surface area contributed by atoms with Crippen LogP contribution in [0.4, 0.5) is 0 Å². The molecule has 0 fully saturated rings. The number of nitrogens with one attached hydrogen (secondary N) is 1. The van der Waals surface area contributed by atoms with E-state index in [4.69, 9.17) is 0 Å². The number of rotatable bonds is 7. The maximum atomic E-state index is 11.7. The Morgan fingerprint density at radius 3 is 2.78 bits per heavy atom. The van der Waals surface area contributed by atoms with Gasteiger partial charge >= 0.3 is 0 Å². The standard InChI is InChI=1S/C12H18N4O2/c1-3-5-14-12(18)11(10(2)17)13-7-9-16-8-4-6-15-16/h4,6,8H,3,5,7,9H2,1-2H3,(H,14,18). The molecule has 1 aromatic heterocycles. The van der Waals surface area contributed by atoms with Crippen LogP contribution in [0, 0.1) is 0 Å². The van der Waals surface area contributed by atoms with Crippen molar-refractivity contribution in [2.45, 2.75) is 26.8 Å². The Morgan fingerprint density at radius 1 is 1.44 bits per heavy atom. The van der Waals surface area contributed by atoms with E-state index in [-0.39, 0.29) is 11.5 Å². The molecule has 18 heavy (non-hydrogen) atoms. The van der Waals surface area contributed by atoms with Crippen molar-refractivity contribution in [1.82, 2.24) is 15.1 Å². The average Bonchev–Trinajstić information content (AvgIpc) is 2.84. The number of hydrogen-bond acceptors (Lipinski definition) is 4. The molecule has 6 heteroatoms. The van der Waals surface area contributed by atoms with E-state index in [9.17, 15) is 9.59 Å². The number of carbonyl (C=O) groups is 2. The van der Waals surface area contributed by atoms with Crippen molar-refractivity contribution < 1.29 is 9.59 Å². The third kappa shape index (κ3) is 4.48. The Kier molecular flexibility index (Phi) is 5.76. The van der Waals surface area contributed by atoms with E-state index in [0.29, 0.717) is 19.6 Å². The third-order valence-corrected chi connectivity index (χ3v) is 2.24. The SMILES string of the molecule is CCCNC(=O)C(=NCCn1cccn1)C(C)=O. The summed E-state index contributed by atoms with van der Waals surface area (Å²) >= 11 is 0. The lowest BCUT2D eigenvalue weighted by Gasteiger charge is -2.04. The van der Waals surface area contributed by atoms with E-state index >= 15 is 0 Å². The molecular weight excluding hydrogens is 232 g/mol. The topological polar surface area (TPSA) is 76.3 Å². The van der Waals surface area contributed by atoms with Crippen molar-refractivity contribution in [1.29, 1.82) is 0 Å². The quantitative estimate of drug-likeness (QED) is 0.563. The molecule has 1 N–H and O–H groups in total. The summed E-state index contributed by atoms with van der Waals surface area (Å²) in [7, 11) is 0. The minimum Gasteiger partial charge on any atom is -0.351 e. The van der Waals surface area contributed by atoms with Crippen LogP contribution in [-0.2, 0) is 16.1 Å². The van der Waals surface area contributed by atoms with Crippen molar-refractivity contribution in [3.8, 4) is 0 Å². The summed E-state index contributed by atoms with van der Waals surface area (Å²) in [5.74, 6) is -0.714. The summed E-state index contributed by atoms with van der Waals surface area (Å²) in [5, 5.41) is 6.66. The van der Waals surface area contributed by atoms with Gasteiger partial charge in [0.2, 0.25) is 0 Å². The molecular formula is C12H18N4O2. The van der Waals surface area contributed by atoms with Gasteiger partial charge in [0.05, 0.1) is 13.1 Å². The van der Waals surface area contributed by atoms with E-state index in [1.807, 2.05) is 13.0 Å². The van der Waals surface area contributed by atoms with Crippen LogP contribution >= 0.6 is 0 Å². The number of amides is 1. The van der Waals surface area contributed by atoms with Gasteiger partial charge in [-0.3, -0.25) is 19.3 Å². The van der Waals surface area contributed by atoms with Crippen molar-refractivity contribution >= 4 is 17.4 Å². The number of Topliss-reactive ketones (excluding diaryl/α,β-unsaturated/α-hetero) is 1. The van der Waals surface area contributed by atoms with E-state index in [2.05, 4.69) is 15.4 Å². The minimum atomic E-state index is -0.398. The first kappa shape index (κ1) is 14.1. The van der Waals surface area contributed by atoms with Crippen LogP contribution in [0.3, 0.4) is 0 Å². The molecule has 1 rings (SSSR count). The van der Waals surface area contributed by atoms with Crippen LogP contribution in [0.15, 0.2) is 23.5 Å². The van der Waals surface area contributed by atoms with E-state index in [0.717, 1.165) is 6.42 Å². The van der Waals surface area contributed by atoms with Gasteiger partial charge in [-0.25, -0.2) is 0 Å². The van der Waals surface area contributed by atoms with Gasteiger partial charge < -0.3 is 5.32 Å². The first-order chi connectivity index (χ1) is 8.65. The second kappa shape index (κ2) is 7.37. The zero-order chi connectivity index (χ0) is 13.4. The number of hydrogen-bond donors (Lipinski definition) is 1. The number of aliphatic imine (C=N–C) groups is 1. The van der Waals surface area contributed by atoms with Crippen molar-refractivity contribution in [3.05, 3.63) is 18.5 Å². The molecule has 98 valence electrons. The molecule has 0 bridgehead atoms. The Hall–Kier alpha value is -1.98. The highest BCUT2D eigenvalue weighted by Crippen LogP contribution is 1.89. The largest absolute Gasteiger partial charge is 0.351 e. The minimum absolute atomic E-state index is 0.0180. The Labute approximate surface area is 106 Å². The van der Waals surface area contributed by atoms with Gasteiger partial charge in [0.15, 0.2) is 11.5 Å². The fraction of sp³-hybridized carbons (Fsp3) is 0.500. The van der Waals surface area contributed by atoms with Gasteiger partial charge in [0.1, 0.15) is 0 Å². The lowest BCUT2D eigenvalue weighted by molar-refractivity contribution is -0.117. The molecule has 0 spiro atoms. The van der Waals surface area contributed by atoms with Gasteiger partial charge in [0, 0.05) is 25.9 Å². The summed E-state index contributed by atoms with van der Waals surface area (Å²) < 4.78 is 1.70. The van der Waals surface area contributed by atoms with Crippen molar-refractivity contribution in [2.24, 2.45) is 4.99 Å². The Bertz CT molecular complexity index is 423. The van der Waals surface area contributed by atoms with Crippen LogP contribution in [0.5, 0.6) is 0 Å². The van der Waals surface area contributed by atoms with Crippen LogP contribution in [0.2, 0.25) is 0 Å². The first-order valence-electron chi connectivity index (χ1n) is 5.96. The molecule has 1 amide bonds. The molecule has 0 aliphatic rings. The Morgan fingerprint density at radius 2 is 2.22 bits per heavy atom. The van der Waals surface area contributed by atoms with Gasteiger partial charge in [-0.2, -0.15) is 5.10 Å². The molecule has 0 radical (unpaired) electrons. The van der Waals surface area contributed by atoms with Gasteiger partial charge in [-0.15, -0.1) is 0 Å². The Balaban J connectivity index is 2.55. The first-order valence-corrected chi connectivity index (χ1v) is 5.96.